The summed E-state index contributed by atoms with van der Waals surface area (Å²) in [5, 5.41) is 4.31. The molecule has 4 heteroatoms. The summed E-state index contributed by atoms with van der Waals surface area (Å²) in [4.78, 5) is 2.19. The van der Waals surface area contributed by atoms with Crippen molar-refractivity contribution in [2.24, 2.45) is 5.73 Å². The van der Waals surface area contributed by atoms with E-state index >= 15 is 0 Å². The maximum atomic E-state index is 5.92. The van der Waals surface area contributed by atoms with Crippen LogP contribution in [-0.2, 0) is 6.54 Å². The molecule has 1 heterocycles. The van der Waals surface area contributed by atoms with Crippen molar-refractivity contribution in [3.63, 3.8) is 0 Å². The highest BCUT2D eigenvalue weighted by Crippen LogP contribution is 2.24. The van der Waals surface area contributed by atoms with Gasteiger partial charge in [0.15, 0.2) is 0 Å². The molecule has 1 aromatic heterocycles. The second-order valence-electron chi connectivity index (χ2n) is 4.33. The van der Waals surface area contributed by atoms with Crippen LogP contribution in [0, 0.1) is 0 Å². The number of rotatable bonds is 5. The number of nitrogens with zero attached hydrogens (tertiary/aromatic N) is 3. The zero-order chi connectivity index (χ0) is 13.0. The topological polar surface area (TPSA) is 47.1 Å². The van der Waals surface area contributed by atoms with Crippen LogP contribution in [0.4, 0.5) is 5.69 Å². The van der Waals surface area contributed by atoms with Gasteiger partial charge in [-0.05, 0) is 19.1 Å². The quantitative estimate of drug-likeness (QED) is 0.875. The van der Waals surface area contributed by atoms with E-state index in [2.05, 4.69) is 42.3 Å². The van der Waals surface area contributed by atoms with Crippen LogP contribution in [0.3, 0.4) is 0 Å². The van der Waals surface area contributed by atoms with Crippen LogP contribution in [-0.4, -0.2) is 23.4 Å². The van der Waals surface area contributed by atoms with Gasteiger partial charge in [-0.1, -0.05) is 18.2 Å². The fourth-order valence-electron chi connectivity index (χ4n) is 2.09. The molecule has 0 aliphatic heterocycles. The molecule has 0 saturated carbocycles. The highest BCUT2D eigenvalue weighted by Gasteiger charge is 2.17. The van der Waals surface area contributed by atoms with Gasteiger partial charge in [0.05, 0.1) is 12.2 Å². The van der Waals surface area contributed by atoms with Gasteiger partial charge in [-0.2, -0.15) is 5.10 Å². The molecule has 0 bridgehead atoms. The van der Waals surface area contributed by atoms with E-state index in [1.54, 1.807) is 0 Å². The van der Waals surface area contributed by atoms with Crippen molar-refractivity contribution >= 4 is 5.69 Å². The minimum Gasteiger partial charge on any atom is -0.366 e. The minimum absolute atomic E-state index is 0.160. The molecule has 4 nitrogen and oxygen atoms in total. The summed E-state index contributed by atoms with van der Waals surface area (Å²) in [7, 11) is 2.07. The van der Waals surface area contributed by atoms with E-state index in [0.717, 1.165) is 17.8 Å². The fourth-order valence-corrected chi connectivity index (χ4v) is 2.09. The third-order valence-corrected chi connectivity index (χ3v) is 3.22. The van der Waals surface area contributed by atoms with Gasteiger partial charge >= 0.3 is 0 Å². The van der Waals surface area contributed by atoms with Crippen LogP contribution in [0.15, 0.2) is 42.7 Å². The fraction of sp³-hybridized carbons (Fsp3) is 0.357. The number of hydrogen-bond acceptors (Lipinski definition) is 3. The first-order valence-corrected chi connectivity index (χ1v) is 6.26. The van der Waals surface area contributed by atoms with Crippen LogP contribution in [0.25, 0.3) is 0 Å². The number of likely N-dealkylation sites (N-methyl/N-ethyl adjacent to an activating group) is 1. The molecule has 2 rings (SSSR count). The second kappa shape index (κ2) is 5.69. The normalized spacial score (nSPS) is 12.4. The first-order chi connectivity index (χ1) is 8.76. The molecule has 18 heavy (non-hydrogen) atoms. The number of hydrogen-bond donors (Lipinski definition) is 1. The first-order valence-electron chi connectivity index (χ1n) is 6.26. The molecule has 1 unspecified atom stereocenters. The summed E-state index contributed by atoms with van der Waals surface area (Å²) >= 11 is 0. The zero-order valence-corrected chi connectivity index (χ0v) is 11.0. The lowest BCUT2D eigenvalue weighted by Crippen LogP contribution is -2.30. The predicted molar refractivity (Wildman–Crippen MR) is 74.5 cm³/mol. The molecule has 96 valence electrons. The van der Waals surface area contributed by atoms with E-state index < -0.39 is 0 Å². The number of anilines is 1. The van der Waals surface area contributed by atoms with E-state index in [-0.39, 0.29) is 6.04 Å². The highest BCUT2D eigenvalue weighted by atomic mass is 15.3. The molecule has 0 amide bonds. The number of benzene rings is 1. The third kappa shape index (κ3) is 2.54. The second-order valence-corrected chi connectivity index (χ2v) is 4.33. The molecule has 0 aliphatic carbocycles. The van der Waals surface area contributed by atoms with E-state index in [9.17, 15) is 0 Å². The maximum absolute atomic E-state index is 5.92. The minimum atomic E-state index is 0.160. The van der Waals surface area contributed by atoms with Crippen molar-refractivity contribution in [3.05, 3.63) is 48.3 Å². The Hall–Kier alpha value is -1.81. The average Bonchev–Trinajstić information content (AvgIpc) is 2.89. The molecular weight excluding hydrogens is 224 g/mol. The summed E-state index contributed by atoms with van der Waals surface area (Å²) in [6.45, 7) is 3.53. The van der Waals surface area contributed by atoms with Gasteiger partial charge < -0.3 is 10.6 Å². The molecule has 1 aromatic carbocycles. The smallest absolute Gasteiger partial charge is 0.0692 e. The first kappa shape index (κ1) is 12.6. The maximum Gasteiger partial charge on any atom is 0.0692 e. The largest absolute Gasteiger partial charge is 0.366 e. The molecule has 2 aromatic rings. The van der Waals surface area contributed by atoms with Crippen LogP contribution in [0.2, 0.25) is 0 Å². The van der Waals surface area contributed by atoms with Gasteiger partial charge in [0.1, 0.15) is 0 Å². The van der Waals surface area contributed by atoms with Gasteiger partial charge in [0.25, 0.3) is 0 Å². The summed E-state index contributed by atoms with van der Waals surface area (Å²) in [6, 6.07) is 10.4. The van der Waals surface area contributed by atoms with Gasteiger partial charge in [-0.25, -0.2) is 0 Å². The van der Waals surface area contributed by atoms with Gasteiger partial charge in [0.2, 0.25) is 0 Å². The van der Waals surface area contributed by atoms with E-state index in [4.69, 9.17) is 5.73 Å². The number of aromatic nitrogens is 2. The number of aryl methyl sites for hydroxylation is 1. The van der Waals surface area contributed by atoms with Crippen molar-refractivity contribution in [2.45, 2.75) is 19.5 Å². The molecular formula is C14H20N4. The standard InChI is InChI=1S/C14H20N4/c1-3-18-11-12(10-16-18)14(9-15)17(2)13-7-5-4-6-8-13/h4-8,10-11,14H,3,9,15H2,1-2H3. The monoisotopic (exact) mass is 244 g/mol. The Morgan fingerprint density at radius 3 is 2.61 bits per heavy atom. The lowest BCUT2D eigenvalue weighted by Gasteiger charge is -2.28. The molecule has 0 aliphatic rings. The summed E-state index contributed by atoms with van der Waals surface area (Å²) in [5.74, 6) is 0. The highest BCUT2D eigenvalue weighted by molar-refractivity contribution is 5.47. The Kier molecular flexibility index (Phi) is 3.99. The van der Waals surface area contributed by atoms with E-state index in [1.165, 1.54) is 0 Å². The average molecular weight is 244 g/mol. The van der Waals surface area contributed by atoms with Gasteiger partial charge in [-0.3, -0.25) is 4.68 Å². The van der Waals surface area contributed by atoms with Gasteiger partial charge in [-0.15, -0.1) is 0 Å². The summed E-state index contributed by atoms with van der Waals surface area (Å²) in [5.41, 5.74) is 8.24. The third-order valence-electron chi connectivity index (χ3n) is 3.22. The molecule has 0 fully saturated rings. The van der Waals surface area contributed by atoms with E-state index in [0.29, 0.717) is 6.54 Å². The van der Waals surface area contributed by atoms with E-state index in [1.807, 2.05) is 29.1 Å². The van der Waals surface area contributed by atoms with Gasteiger partial charge in [0, 0.05) is 37.6 Å². The Bertz CT molecular complexity index is 478. The summed E-state index contributed by atoms with van der Waals surface area (Å²) in [6.07, 6.45) is 3.97. The van der Waals surface area contributed by atoms with Crippen molar-refractivity contribution in [2.75, 3.05) is 18.5 Å². The Morgan fingerprint density at radius 1 is 1.33 bits per heavy atom. The Labute approximate surface area is 108 Å². The molecule has 0 spiro atoms. The van der Waals surface area contributed by atoms with Crippen LogP contribution in [0.5, 0.6) is 0 Å². The molecule has 0 radical (unpaired) electrons. The SMILES string of the molecule is CCn1cc(C(CN)N(C)c2ccccc2)cn1. The summed E-state index contributed by atoms with van der Waals surface area (Å²) < 4.78 is 1.93. The molecule has 0 saturated heterocycles. The predicted octanol–water partition coefficient (Wildman–Crippen LogP) is 2.04. The van der Waals surface area contributed by atoms with Crippen molar-refractivity contribution in [1.29, 1.82) is 0 Å². The van der Waals surface area contributed by atoms with Crippen LogP contribution in [0.1, 0.15) is 18.5 Å². The van der Waals surface area contributed by atoms with Crippen LogP contribution < -0.4 is 10.6 Å². The Balaban J connectivity index is 2.23. The zero-order valence-electron chi connectivity index (χ0n) is 11.0. The number of nitrogens with two attached hydrogens (primary N) is 1. The van der Waals surface area contributed by atoms with Crippen molar-refractivity contribution < 1.29 is 0 Å². The van der Waals surface area contributed by atoms with Crippen molar-refractivity contribution in [3.8, 4) is 0 Å². The lowest BCUT2D eigenvalue weighted by atomic mass is 10.1. The Morgan fingerprint density at radius 2 is 2.06 bits per heavy atom. The van der Waals surface area contributed by atoms with Crippen molar-refractivity contribution in [1.82, 2.24) is 9.78 Å². The number of para-hydroxylation sites is 1. The van der Waals surface area contributed by atoms with Crippen LogP contribution >= 0.6 is 0 Å². The molecule has 2 N–H and O–H groups in total. The lowest BCUT2D eigenvalue weighted by molar-refractivity contribution is 0.651. The molecule has 1 atom stereocenters.